The summed E-state index contributed by atoms with van der Waals surface area (Å²) in [5.41, 5.74) is 2.92. The molecule has 2 atom stereocenters. The van der Waals surface area contributed by atoms with Gasteiger partial charge in [0.05, 0.1) is 12.8 Å². The van der Waals surface area contributed by atoms with Gasteiger partial charge in [0.15, 0.2) is 0 Å². The number of ether oxygens (including phenoxy) is 2. The first-order valence-corrected chi connectivity index (χ1v) is 12.6. The van der Waals surface area contributed by atoms with Crippen molar-refractivity contribution in [2.24, 2.45) is 7.05 Å². The van der Waals surface area contributed by atoms with E-state index in [2.05, 4.69) is 15.3 Å². The maximum absolute atomic E-state index is 12.9. The van der Waals surface area contributed by atoms with E-state index in [-0.39, 0.29) is 11.8 Å². The normalized spacial score (nSPS) is 19.1. The lowest BCUT2D eigenvalue weighted by atomic mass is 10.1. The molecule has 0 aliphatic carbocycles. The second kappa shape index (κ2) is 10.6. The number of aromatic nitrogens is 2. The Morgan fingerprint density at radius 1 is 1.08 bits per heavy atom. The molecule has 2 amide bonds. The molecule has 0 saturated carbocycles. The van der Waals surface area contributed by atoms with Crippen LogP contribution < -0.4 is 14.8 Å². The number of hydrogen-bond acceptors (Lipinski definition) is 6. The number of likely N-dealkylation sites (tertiary alicyclic amines) is 1. The first kappa shape index (κ1) is 24.8. The highest BCUT2D eigenvalue weighted by Crippen LogP contribution is 2.34. The van der Waals surface area contributed by atoms with Gasteiger partial charge >= 0.3 is 0 Å². The number of aryl methyl sites for hydroxylation is 1. The molecule has 0 radical (unpaired) electrons. The van der Waals surface area contributed by atoms with E-state index in [4.69, 9.17) is 9.47 Å². The standard InChI is InChI=1S/C28H33N5O4/c1-19(34)32-17-22-8-9-23(18-32)33(22)13-14-37-27-10-7-21(16-25(27)26-11-12-29-31(26)2)30-28(35)20-5-4-6-24(15-20)36-3/h4-7,10-12,15-16,22-23H,8-9,13-14,17-18H2,1-3H3,(H,30,35). The molecule has 2 unspecified atom stereocenters. The van der Waals surface area contributed by atoms with E-state index in [0.717, 1.165) is 49.5 Å². The SMILES string of the molecule is COc1cccc(C(=O)Nc2ccc(OCCN3C4CCC3CN(C(C)=O)C4)c(-c3ccnn3C)c2)c1. The van der Waals surface area contributed by atoms with E-state index >= 15 is 0 Å². The van der Waals surface area contributed by atoms with E-state index in [1.807, 2.05) is 36.2 Å². The number of anilines is 1. The Hall–Kier alpha value is -3.85. The van der Waals surface area contributed by atoms with Crippen LogP contribution in [0.4, 0.5) is 5.69 Å². The lowest BCUT2D eigenvalue weighted by Gasteiger charge is -2.40. The predicted molar refractivity (Wildman–Crippen MR) is 141 cm³/mol. The number of methoxy groups -OCH3 is 1. The molecule has 9 nitrogen and oxygen atoms in total. The van der Waals surface area contributed by atoms with Gasteiger partial charge in [0, 0.05) is 68.7 Å². The van der Waals surface area contributed by atoms with Gasteiger partial charge in [-0.25, -0.2) is 0 Å². The number of nitrogens with zero attached hydrogens (tertiary/aromatic N) is 4. The smallest absolute Gasteiger partial charge is 0.255 e. The molecule has 2 saturated heterocycles. The van der Waals surface area contributed by atoms with Crippen LogP contribution in [-0.4, -0.2) is 76.8 Å². The Morgan fingerprint density at radius 2 is 1.86 bits per heavy atom. The van der Waals surface area contributed by atoms with Crippen LogP contribution in [-0.2, 0) is 11.8 Å². The number of fused-ring (bicyclic) bond motifs is 2. The summed E-state index contributed by atoms with van der Waals surface area (Å²) in [5, 5.41) is 7.29. The fourth-order valence-electron chi connectivity index (χ4n) is 5.41. The number of rotatable bonds is 8. The molecule has 3 heterocycles. The highest BCUT2D eigenvalue weighted by Gasteiger charge is 2.40. The Bertz CT molecular complexity index is 1280. The van der Waals surface area contributed by atoms with Gasteiger partial charge in [0.25, 0.3) is 5.91 Å². The molecule has 2 bridgehead atoms. The Labute approximate surface area is 217 Å². The number of carbonyl (C=O) groups excluding carboxylic acids is 2. The summed E-state index contributed by atoms with van der Waals surface area (Å²) in [6.07, 6.45) is 3.99. The highest BCUT2D eigenvalue weighted by molar-refractivity contribution is 6.04. The van der Waals surface area contributed by atoms with Crippen molar-refractivity contribution in [1.29, 1.82) is 0 Å². The molecule has 9 heteroatoms. The van der Waals surface area contributed by atoms with Crippen LogP contribution in [0.15, 0.2) is 54.7 Å². The average molecular weight is 504 g/mol. The fraction of sp³-hybridized carbons (Fsp3) is 0.393. The monoisotopic (exact) mass is 503 g/mol. The highest BCUT2D eigenvalue weighted by atomic mass is 16.5. The molecule has 1 aromatic heterocycles. The van der Waals surface area contributed by atoms with E-state index in [9.17, 15) is 9.59 Å². The Kier molecular flexibility index (Phi) is 7.14. The number of hydrogen-bond donors (Lipinski definition) is 1. The zero-order valence-corrected chi connectivity index (χ0v) is 21.5. The quantitative estimate of drug-likeness (QED) is 0.507. The van der Waals surface area contributed by atoms with Crippen LogP contribution in [0.3, 0.4) is 0 Å². The van der Waals surface area contributed by atoms with E-state index in [0.29, 0.717) is 35.7 Å². The van der Waals surface area contributed by atoms with Gasteiger partial charge in [-0.15, -0.1) is 0 Å². The number of amides is 2. The molecule has 0 spiro atoms. The second-order valence-electron chi connectivity index (χ2n) is 9.63. The minimum absolute atomic E-state index is 0.159. The van der Waals surface area contributed by atoms with E-state index < -0.39 is 0 Å². The van der Waals surface area contributed by atoms with Crippen molar-refractivity contribution in [3.05, 3.63) is 60.3 Å². The predicted octanol–water partition coefficient (Wildman–Crippen LogP) is 3.42. The fourth-order valence-corrected chi connectivity index (χ4v) is 5.41. The molecule has 2 fully saturated rings. The number of piperazine rings is 1. The van der Waals surface area contributed by atoms with Gasteiger partial charge in [-0.05, 0) is 55.3 Å². The minimum atomic E-state index is -0.219. The summed E-state index contributed by atoms with van der Waals surface area (Å²) in [6, 6.07) is 15.4. The summed E-state index contributed by atoms with van der Waals surface area (Å²) in [6.45, 7) is 4.59. The molecular formula is C28H33N5O4. The van der Waals surface area contributed by atoms with Crippen molar-refractivity contribution in [2.45, 2.75) is 31.8 Å². The molecule has 194 valence electrons. The first-order chi connectivity index (χ1) is 17.9. The van der Waals surface area contributed by atoms with Crippen molar-refractivity contribution < 1.29 is 19.1 Å². The number of carbonyl (C=O) groups is 2. The van der Waals surface area contributed by atoms with Crippen LogP contribution in [0.5, 0.6) is 11.5 Å². The summed E-state index contributed by atoms with van der Waals surface area (Å²) in [7, 11) is 3.46. The molecule has 5 rings (SSSR count). The number of nitrogens with one attached hydrogen (secondary N) is 1. The maximum Gasteiger partial charge on any atom is 0.255 e. The zero-order chi connectivity index (χ0) is 25.9. The number of benzene rings is 2. The van der Waals surface area contributed by atoms with Gasteiger partial charge in [0.1, 0.15) is 18.1 Å². The summed E-state index contributed by atoms with van der Waals surface area (Å²) < 4.78 is 13.3. The van der Waals surface area contributed by atoms with Gasteiger partial charge < -0.3 is 19.7 Å². The molecule has 37 heavy (non-hydrogen) atoms. The molecule has 2 aliphatic heterocycles. The lowest BCUT2D eigenvalue weighted by Crippen LogP contribution is -2.55. The zero-order valence-electron chi connectivity index (χ0n) is 21.5. The molecule has 2 aromatic carbocycles. The van der Waals surface area contributed by atoms with Gasteiger partial charge in [-0.1, -0.05) is 6.07 Å². The second-order valence-corrected chi connectivity index (χ2v) is 9.63. The van der Waals surface area contributed by atoms with Crippen molar-refractivity contribution in [3.63, 3.8) is 0 Å². The third-order valence-corrected chi connectivity index (χ3v) is 7.35. The van der Waals surface area contributed by atoms with Gasteiger partial charge in [-0.3, -0.25) is 19.2 Å². The molecular weight excluding hydrogens is 470 g/mol. The van der Waals surface area contributed by atoms with Crippen molar-refractivity contribution in [3.8, 4) is 22.8 Å². The molecule has 2 aliphatic rings. The van der Waals surface area contributed by atoms with Crippen LogP contribution >= 0.6 is 0 Å². The van der Waals surface area contributed by atoms with Crippen molar-refractivity contribution in [2.75, 3.05) is 38.7 Å². The van der Waals surface area contributed by atoms with Crippen LogP contribution in [0.25, 0.3) is 11.3 Å². The largest absolute Gasteiger partial charge is 0.497 e. The Morgan fingerprint density at radius 3 is 2.54 bits per heavy atom. The van der Waals surface area contributed by atoms with Crippen LogP contribution in [0.1, 0.15) is 30.1 Å². The topological polar surface area (TPSA) is 88.9 Å². The summed E-state index contributed by atoms with van der Waals surface area (Å²) in [5.74, 6) is 1.30. The van der Waals surface area contributed by atoms with E-state index in [1.54, 1.807) is 49.2 Å². The minimum Gasteiger partial charge on any atom is -0.497 e. The van der Waals surface area contributed by atoms with E-state index in [1.165, 1.54) is 0 Å². The lowest BCUT2D eigenvalue weighted by molar-refractivity contribution is -0.132. The molecule has 1 N–H and O–H groups in total. The van der Waals surface area contributed by atoms with Crippen molar-refractivity contribution >= 4 is 17.5 Å². The summed E-state index contributed by atoms with van der Waals surface area (Å²) in [4.78, 5) is 29.2. The Balaban J connectivity index is 1.30. The van der Waals surface area contributed by atoms with Gasteiger partial charge in [-0.2, -0.15) is 5.10 Å². The van der Waals surface area contributed by atoms with Crippen LogP contribution in [0.2, 0.25) is 0 Å². The summed E-state index contributed by atoms with van der Waals surface area (Å²) >= 11 is 0. The van der Waals surface area contributed by atoms with Crippen molar-refractivity contribution in [1.82, 2.24) is 19.6 Å². The maximum atomic E-state index is 12.9. The average Bonchev–Trinajstić information content (AvgIpc) is 3.42. The third kappa shape index (κ3) is 5.32. The van der Waals surface area contributed by atoms with Crippen LogP contribution in [0, 0.1) is 0 Å². The first-order valence-electron chi connectivity index (χ1n) is 12.6. The molecule has 3 aromatic rings. The third-order valence-electron chi connectivity index (χ3n) is 7.35. The van der Waals surface area contributed by atoms with Gasteiger partial charge in [0.2, 0.25) is 5.91 Å².